The third-order valence-corrected chi connectivity index (χ3v) is 2.44. The zero-order valence-electron chi connectivity index (χ0n) is 9.72. The summed E-state index contributed by atoms with van der Waals surface area (Å²) in [4.78, 5) is 21.6. The van der Waals surface area contributed by atoms with Gasteiger partial charge in [-0.1, -0.05) is 11.6 Å². The molecule has 0 heterocycles. The molecule has 0 saturated heterocycles. The average Bonchev–Trinajstić information content (AvgIpc) is 2.34. The van der Waals surface area contributed by atoms with Crippen molar-refractivity contribution in [3.05, 3.63) is 38.9 Å². The molecule has 98 valence electrons. The first-order valence-corrected chi connectivity index (χ1v) is 5.54. The Kier molecular flexibility index (Phi) is 5.54. The number of carbonyl (C=O) groups is 1. The maximum Gasteiger partial charge on any atom is 0.339 e. The minimum Gasteiger partial charge on any atom is -0.462 e. The summed E-state index contributed by atoms with van der Waals surface area (Å²) in [5.74, 6) is -0.681. The number of hydrogen-bond acceptors (Lipinski definition) is 5. The lowest BCUT2D eigenvalue weighted by molar-refractivity contribution is -0.384. The van der Waals surface area contributed by atoms with E-state index >= 15 is 0 Å². The third kappa shape index (κ3) is 3.97. The molecule has 0 radical (unpaired) electrons. The summed E-state index contributed by atoms with van der Waals surface area (Å²) in [6.45, 7) is 0.641. The van der Waals surface area contributed by atoms with E-state index in [0.29, 0.717) is 13.0 Å². The zero-order valence-corrected chi connectivity index (χ0v) is 10.5. The summed E-state index contributed by atoms with van der Waals surface area (Å²) >= 11 is 5.79. The second-order valence-electron chi connectivity index (χ2n) is 3.40. The first kappa shape index (κ1) is 14.4. The number of ether oxygens (including phenoxy) is 2. The van der Waals surface area contributed by atoms with Gasteiger partial charge in [0, 0.05) is 32.3 Å². The number of benzene rings is 1. The van der Waals surface area contributed by atoms with Gasteiger partial charge in [-0.15, -0.1) is 0 Å². The zero-order chi connectivity index (χ0) is 13.5. The molecule has 0 unspecified atom stereocenters. The number of non-ortho nitro benzene ring substituents is 1. The smallest absolute Gasteiger partial charge is 0.339 e. The van der Waals surface area contributed by atoms with E-state index in [1.807, 2.05) is 0 Å². The molecule has 0 atom stereocenters. The molecule has 6 nitrogen and oxygen atoms in total. The van der Waals surface area contributed by atoms with Crippen molar-refractivity contribution in [2.75, 3.05) is 20.3 Å². The minimum absolute atomic E-state index is 0.0108. The van der Waals surface area contributed by atoms with E-state index in [1.54, 1.807) is 7.11 Å². The lowest BCUT2D eigenvalue weighted by atomic mass is 10.2. The molecule has 0 N–H and O–H groups in total. The van der Waals surface area contributed by atoms with Crippen LogP contribution in [0.15, 0.2) is 18.2 Å². The monoisotopic (exact) mass is 273 g/mol. The molecular formula is C11H12ClNO5. The highest BCUT2D eigenvalue weighted by atomic mass is 35.5. The minimum atomic E-state index is -0.681. The molecule has 0 aliphatic heterocycles. The molecule has 0 amide bonds. The molecule has 0 saturated carbocycles. The van der Waals surface area contributed by atoms with Gasteiger partial charge in [0.05, 0.1) is 22.1 Å². The Bertz CT molecular complexity index is 449. The maximum absolute atomic E-state index is 11.6. The number of methoxy groups -OCH3 is 1. The van der Waals surface area contributed by atoms with E-state index in [1.165, 1.54) is 12.1 Å². The molecular weight excluding hydrogens is 262 g/mol. The standard InChI is InChI=1S/C11H12ClNO5/c1-17-5-2-6-18-11(14)9-7-8(13(15)16)3-4-10(9)12/h3-4,7H,2,5-6H2,1H3. The van der Waals surface area contributed by atoms with E-state index in [0.717, 1.165) is 6.07 Å². The van der Waals surface area contributed by atoms with Crippen LogP contribution in [-0.4, -0.2) is 31.2 Å². The molecule has 0 aromatic heterocycles. The van der Waals surface area contributed by atoms with Crippen LogP contribution in [0.3, 0.4) is 0 Å². The Morgan fingerprint density at radius 2 is 2.17 bits per heavy atom. The Morgan fingerprint density at radius 3 is 2.78 bits per heavy atom. The second kappa shape index (κ2) is 6.93. The highest BCUT2D eigenvalue weighted by Crippen LogP contribution is 2.22. The van der Waals surface area contributed by atoms with Crippen LogP contribution in [0.4, 0.5) is 5.69 Å². The SMILES string of the molecule is COCCCOC(=O)c1cc([N+](=O)[O-])ccc1Cl. The number of rotatable bonds is 6. The van der Waals surface area contributed by atoms with Crippen LogP contribution < -0.4 is 0 Å². The van der Waals surface area contributed by atoms with Crippen LogP contribution in [0.1, 0.15) is 16.8 Å². The van der Waals surface area contributed by atoms with Crippen molar-refractivity contribution >= 4 is 23.3 Å². The van der Waals surface area contributed by atoms with Gasteiger partial charge in [-0.3, -0.25) is 10.1 Å². The Balaban J connectivity index is 2.72. The lowest BCUT2D eigenvalue weighted by Gasteiger charge is -2.05. The van der Waals surface area contributed by atoms with Crippen LogP contribution in [-0.2, 0) is 9.47 Å². The van der Waals surface area contributed by atoms with Gasteiger partial charge < -0.3 is 9.47 Å². The second-order valence-corrected chi connectivity index (χ2v) is 3.81. The van der Waals surface area contributed by atoms with Gasteiger partial charge in [0.15, 0.2) is 0 Å². The van der Waals surface area contributed by atoms with Gasteiger partial charge in [-0.05, 0) is 6.07 Å². The predicted octanol–water partition coefficient (Wildman–Crippen LogP) is 2.44. The topological polar surface area (TPSA) is 78.7 Å². The molecule has 0 aliphatic rings. The number of nitro benzene ring substituents is 1. The van der Waals surface area contributed by atoms with Crippen LogP contribution in [0, 0.1) is 10.1 Å². The van der Waals surface area contributed by atoms with Gasteiger partial charge >= 0.3 is 5.97 Å². The van der Waals surface area contributed by atoms with Crippen molar-refractivity contribution in [1.82, 2.24) is 0 Å². The molecule has 1 rings (SSSR count). The summed E-state index contributed by atoms with van der Waals surface area (Å²) in [6, 6.07) is 3.62. The number of hydrogen-bond donors (Lipinski definition) is 0. The molecule has 0 spiro atoms. The highest BCUT2D eigenvalue weighted by Gasteiger charge is 2.16. The Labute approximate surface area is 109 Å². The van der Waals surface area contributed by atoms with Crippen molar-refractivity contribution in [1.29, 1.82) is 0 Å². The summed E-state index contributed by atoms with van der Waals surface area (Å²) < 4.78 is 9.72. The Hall–Kier alpha value is -1.66. The van der Waals surface area contributed by atoms with Crippen molar-refractivity contribution < 1.29 is 19.2 Å². The fraction of sp³-hybridized carbons (Fsp3) is 0.364. The van der Waals surface area contributed by atoms with Crippen LogP contribution >= 0.6 is 11.6 Å². The van der Waals surface area contributed by atoms with Gasteiger partial charge in [0.1, 0.15) is 0 Å². The molecule has 0 fully saturated rings. The first-order valence-electron chi connectivity index (χ1n) is 5.16. The van der Waals surface area contributed by atoms with E-state index < -0.39 is 10.9 Å². The number of carbonyl (C=O) groups excluding carboxylic acids is 1. The number of esters is 1. The van der Waals surface area contributed by atoms with Crippen molar-refractivity contribution in [3.8, 4) is 0 Å². The third-order valence-electron chi connectivity index (χ3n) is 2.11. The van der Waals surface area contributed by atoms with E-state index in [2.05, 4.69) is 0 Å². The summed E-state index contributed by atoms with van der Waals surface area (Å²) in [5, 5.41) is 10.7. The predicted molar refractivity (Wildman–Crippen MR) is 64.9 cm³/mol. The van der Waals surface area contributed by atoms with Gasteiger partial charge in [0.25, 0.3) is 5.69 Å². The molecule has 0 bridgehead atoms. The number of halogens is 1. The lowest BCUT2D eigenvalue weighted by Crippen LogP contribution is -2.09. The fourth-order valence-corrected chi connectivity index (χ4v) is 1.42. The van der Waals surface area contributed by atoms with Gasteiger partial charge in [-0.2, -0.15) is 0 Å². The van der Waals surface area contributed by atoms with Crippen molar-refractivity contribution in [3.63, 3.8) is 0 Å². The Morgan fingerprint density at radius 1 is 1.44 bits per heavy atom. The molecule has 7 heteroatoms. The average molecular weight is 274 g/mol. The van der Waals surface area contributed by atoms with Crippen molar-refractivity contribution in [2.45, 2.75) is 6.42 Å². The summed E-state index contributed by atoms with van der Waals surface area (Å²) in [6.07, 6.45) is 0.550. The molecule has 0 aliphatic carbocycles. The van der Waals surface area contributed by atoms with Crippen LogP contribution in [0.2, 0.25) is 5.02 Å². The van der Waals surface area contributed by atoms with Crippen molar-refractivity contribution in [2.24, 2.45) is 0 Å². The van der Waals surface area contributed by atoms with E-state index in [4.69, 9.17) is 21.1 Å². The summed E-state index contributed by atoms with van der Waals surface area (Å²) in [5.41, 5.74) is -0.216. The maximum atomic E-state index is 11.6. The van der Waals surface area contributed by atoms with E-state index in [-0.39, 0.29) is 22.9 Å². The quantitative estimate of drug-likeness (QED) is 0.344. The van der Waals surface area contributed by atoms with Gasteiger partial charge in [-0.25, -0.2) is 4.79 Å². The molecule has 1 aromatic carbocycles. The molecule has 18 heavy (non-hydrogen) atoms. The normalized spacial score (nSPS) is 10.1. The summed E-state index contributed by atoms with van der Waals surface area (Å²) in [7, 11) is 1.54. The fourth-order valence-electron chi connectivity index (χ4n) is 1.23. The molecule has 1 aromatic rings. The van der Waals surface area contributed by atoms with Crippen LogP contribution in [0.25, 0.3) is 0 Å². The number of nitro groups is 1. The first-order chi connectivity index (χ1) is 8.56. The number of nitrogens with zero attached hydrogens (tertiary/aromatic N) is 1. The largest absolute Gasteiger partial charge is 0.462 e. The van der Waals surface area contributed by atoms with Crippen LogP contribution in [0.5, 0.6) is 0 Å². The highest BCUT2D eigenvalue weighted by molar-refractivity contribution is 6.33. The van der Waals surface area contributed by atoms with Gasteiger partial charge in [0.2, 0.25) is 0 Å². The van der Waals surface area contributed by atoms with E-state index in [9.17, 15) is 14.9 Å².